The number of para-hydroxylation sites is 1. The Labute approximate surface area is 150 Å². The smallest absolute Gasteiger partial charge is 0.225 e. The van der Waals surface area contributed by atoms with Crippen LogP contribution in [0.25, 0.3) is 10.9 Å². The molecule has 0 bridgehead atoms. The summed E-state index contributed by atoms with van der Waals surface area (Å²) in [5, 5.41) is 5.08. The van der Waals surface area contributed by atoms with Crippen molar-refractivity contribution in [3.8, 4) is 0 Å². The van der Waals surface area contributed by atoms with Crippen molar-refractivity contribution in [1.29, 1.82) is 0 Å². The highest BCUT2D eigenvalue weighted by molar-refractivity contribution is 6.36. The lowest BCUT2D eigenvalue weighted by molar-refractivity contribution is -0.116. The van der Waals surface area contributed by atoms with E-state index in [2.05, 4.69) is 10.3 Å². The average molecular weight is 359 g/mol. The number of rotatable bonds is 4. The molecule has 3 rings (SSSR count). The minimum atomic E-state index is -0.100. The van der Waals surface area contributed by atoms with E-state index in [-0.39, 0.29) is 18.2 Å². The van der Waals surface area contributed by atoms with E-state index in [1.165, 1.54) is 0 Å². The quantitative estimate of drug-likeness (QED) is 0.652. The number of amides is 1. The molecule has 24 heavy (non-hydrogen) atoms. The second-order valence-electron chi connectivity index (χ2n) is 5.67. The summed E-state index contributed by atoms with van der Waals surface area (Å²) in [6.45, 7) is 1.94. The van der Waals surface area contributed by atoms with Crippen molar-refractivity contribution >= 4 is 45.7 Å². The fourth-order valence-corrected chi connectivity index (χ4v) is 3.54. The number of halogens is 2. The molecule has 122 valence electrons. The molecule has 1 heterocycles. The van der Waals surface area contributed by atoms with Gasteiger partial charge in [0, 0.05) is 28.0 Å². The van der Waals surface area contributed by atoms with E-state index in [0.29, 0.717) is 15.7 Å². The van der Waals surface area contributed by atoms with Gasteiger partial charge < -0.3 is 5.32 Å². The highest BCUT2D eigenvalue weighted by Crippen LogP contribution is 2.33. The Morgan fingerprint density at radius 1 is 1.08 bits per heavy atom. The molecule has 0 aliphatic rings. The van der Waals surface area contributed by atoms with E-state index in [1.807, 2.05) is 37.3 Å². The number of anilines is 1. The van der Waals surface area contributed by atoms with E-state index in [1.54, 1.807) is 24.4 Å². The third kappa shape index (κ3) is 3.53. The van der Waals surface area contributed by atoms with Gasteiger partial charge in [-0.05, 0) is 35.7 Å². The first kappa shape index (κ1) is 16.7. The van der Waals surface area contributed by atoms with Crippen molar-refractivity contribution in [1.82, 2.24) is 4.98 Å². The summed E-state index contributed by atoms with van der Waals surface area (Å²) in [6, 6.07) is 14.9. The third-order valence-electron chi connectivity index (χ3n) is 3.89. The van der Waals surface area contributed by atoms with Crippen molar-refractivity contribution in [3.05, 3.63) is 70.3 Å². The number of hydrogen-bond donors (Lipinski definition) is 1. The van der Waals surface area contributed by atoms with E-state index < -0.39 is 0 Å². The molecule has 3 aromatic rings. The van der Waals surface area contributed by atoms with E-state index >= 15 is 0 Å². The van der Waals surface area contributed by atoms with Gasteiger partial charge in [-0.3, -0.25) is 9.78 Å². The van der Waals surface area contributed by atoms with E-state index in [4.69, 9.17) is 23.2 Å². The molecule has 0 radical (unpaired) electrons. The fraction of sp³-hybridized carbons (Fsp3) is 0.158. The predicted molar refractivity (Wildman–Crippen MR) is 99.9 cm³/mol. The lowest BCUT2D eigenvalue weighted by Gasteiger charge is -2.15. The van der Waals surface area contributed by atoms with Gasteiger partial charge in [0.1, 0.15) is 0 Å². The summed E-state index contributed by atoms with van der Waals surface area (Å²) in [5.74, 6) is -0.189. The number of nitrogens with zero attached hydrogens (tertiary/aromatic N) is 1. The van der Waals surface area contributed by atoms with Crippen molar-refractivity contribution in [2.75, 3.05) is 5.32 Å². The van der Waals surface area contributed by atoms with Crippen LogP contribution >= 0.6 is 23.2 Å². The highest BCUT2D eigenvalue weighted by Gasteiger charge is 2.17. The maximum atomic E-state index is 12.4. The lowest BCUT2D eigenvalue weighted by Crippen LogP contribution is -2.15. The van der Waals surface area contributed by atoms with Crippen LogP contribution in [-0.4, -0.2) is 10.9 Å². The first-order chi connectivity index (χ1) is 11.6. The first-order valence-corrected chi connectivity index (χ1v) is 8.39. The number of aromatic nitrogens is 1. The molecule has 1 N–H and O–H groups in total. The minimum absolute atomic E-state index is 0.0888. The normalized spacial score (nSPS) is 12.1. The Balaban J connectivity index is 1.78. The molecule has 1 aromatic heterocycles. The maximum Gasteiger partial charge on any atom is 0.225 e. The van der Waals surface area contributed by atoms with Crippen LogP contribution in [-0.2, 0) is 4.79 Å². The van der Waals surface area contributed by atoms with Gasteiger partial charge >= 0.3 is 0 Å². The molecule has 3 nitrogen and oxygen atoms in total. The number of carbonyl (C=O) groups excluding carboxylic acids is 1. The number of nitrogens with one attached hydrogen (secondary N) is 1. The summed E-state index contributed by atoms with van der Waals surface area (Å²) in [7, 11) is 0. The van der Waals surface area contributed by atoms with E-state index in [0.717, 1.165) is 16.5 Å². The van der Waals surface area contributed by atoms with Crippen LogP contribution in [0.2, 0.25) is 10.0 Å². The first-order valence-electron chi connectivity index (χ1n) is 7.64. The second kappa shape index (κ2) is 7.20. The zero-order valence-corrected chi connectivity index (χ0v) is 14.6. The lowest BCUT2D eigenvalue weighted by atomic mass is 9.97. The van der Waals surface area contributed by atoms with Crippen LogP contribution in [0.1, 0.15) is 24.8 Å². The van der Waals surface area contributed by atoms with Gasteiger partial charge in [-0.15, -0.1) is 0 Å². The topological polar surface area (TPSA) is 42.0 Å². The third-order valence-corrected chi connectivity index (χ3v) is 4.55. The van der Waals surface area contributed by atoms with Gasteiger partial charge in [0.15, 0.2) is 0 Å². The summed E-state index contributed by atoms with van der Waals surface area (Å²) < 4.78 is 0. The van der Waals surface area contributed by atoms with Crippen LogP contribution in [0.3, 0.4) is 0 Å². The van der Waals surface area contributed by atoms with Crippen LogP contribution in [0.4, 0.5) is 5.69 Å². The van der Waals surface area contributed by atoms with Gasteiger partial charge in [0.05, 0.1) is 11.2 Å². The Morgan fingerprint density at radius 2 is 1.75 bits per heavy atom. The number of hydrogen-bond acceptors (Lipinski definition) is 2. The molecule has 0 saturated heterocycles. The standard InChI is InChI=1S/C19H16Cl2N2O/c1-12(18-14(20)7-3-8-15(18)21)11-17(24)23-16-9-2-5-13-6-4-10-22-19(13)16/h2-10,12H,11H2,1H3,(H,23,24). The van der Waals surface area contributed by atoms with Crippen molar-refractivity contribution in [2.24, 2.45) is 0 Å². The number of carbonyl (C=O) groups is 1. The molecular weight excluding hydrogens is 343 g/mol. The summed E-state index contributed by atoms with van der Waals surface area (Å²) >= 11 is 12.4. The Kier molecular flexibility index (Phi) is 5.03. The van der Waals surface area contributed by atoms with Crippen LogP contribution in [0.5, 0.6) is 0 Å². The SMILES string of the molecule is CC(CC(=O)Nc1cccc2cccnc12)c1c(Cl)cccc1Cl. The fourth-order valence-electron chi connectivity index (χ4n) is 2.77. The average Bonchev–Trinajstić information content (AvgIpc) is 2.55. The van der Waals surface area contributed by atoms with Crippen LogP contribution < -0.4 is 5.32 Å². The summed E-state index contributed by atoms with van der Waals surface area (Å²) in [6.07, 6.45) is 2.00. The Hall–Kier alpha value is -2.10. The number of benzene rings is 2. The second-order valence-corrected chi connectivity index (χ2v) is 6.48. The molecule has 0 spiro atoms. The molecular formula is C19H16Cl2N2O. The molecule has 1 atom stereocenters. The van der Waals surface area contributed by atoms with Crippen LogP contribution in [0, 0.1) is 0 Å². The van der Waals surface area contributed by atoms with Gasteiger partial charge in [-0.25, -0.2) is 0 Å². The zero-order valence-electron chi connectivity index (χ0n) is 13.1. The molecule has 1 amide bonds. The zero-order chi connectivity index (χ0) is 17.1. The van der Waals surface area contributed by atoms with Gasteiger partial charge in [-0.1, -0.05) is 54.4 Å². The molecule has 5 heteroatoms. The summed E-state index contributed by atoms with van der Waals surface area (Å²) in [5.41, 5.74) is 2.28. The summed E-state index contributed by atoms with van der Waals surface area (Å²) in [4.78, 5) is 16.8. The predicted octanol–water partition coefficient (Wildman–Crippen LogP) is 5.67. The molecule has 0 aliphatic carbocycles. The molecule has 1 unspecified atom stereocenters. The molecule has 2 aromatic carbocycles. The van der Waals surface area contributed by atoms with Crippen molar-refractivity contribution in [3.63, 3.8) is 0 Å². The van der Waals surface area contributed by atoms with Gasteiger partial charge in [0.25, 0.3) is 0 Å². The van der Waals surface area contributed by atoms with E-state index in [9.17, 15) is 4.79 Å². The van der Waals surface area contributed by atoms with Gasteiger partial charge in [0.2, 0.25) is 5.91 Å². The monoisotopic (exact) mass is 358 g/mol. The number of fused-ring (bicyclic) bond motifs is 1. The molecule has 0 saturated carbocycles. The number of pyridine rings is 1. The van der Waals surface area contributed by atoms with Crippen molar-refractivity contribution < 1.29 is 4.79 Å². The Morgan fingerprint density at radius 3 is 2.50 bits per heavy atom. The Bertz CT molecular complexity index is 870. The minimum Gasteiger partial charge on any atom is -0.324 e. The largest absolute Gasteiger partial charge is 0.324 e. The van der Waals surface area contributed by atoms with Gasteiger partial charge in [-0.2, -0.15) is 0 Å². The maximum absolute atomic E-state index is 12.4. The van der Waals surface area contributed by atoms with Crippen LogP contribution in [0.15, 0.2) is 54.7 Å². The highest BCUT2D eigenvalue weighted by atomic mass is 35.5. The molecule has 0 fully saturated rings. The molecule has 0 aliphatic heterocycles. The van der Waals surface area contributed by atoms with Crippen molar-refractivity contribution in [2.45, 2.75) is 19.3 Å².